The number of nitrogens with one attached hydrogen (secondary N) is 1. The van der Waals surface area contributed by atoms with Gasteiger partial charge < -0.3 is 5.32 Å². The van der Waals surface area contributed by atoms with Gasteiger partial charge in [0.05, 0.1) is 0 Å². The minimum atomic E-state index is 0.284. The molecule has 1 atom stereocenters. The average Bonchev–Trinajstić information content (AvgIpc) is 2.32. The molecule has 0 saturated heterocycles. The molecule has 2 aromatic rings. The van der Waals surface area contributed by atoms with E-state index in [0.717, 1.165) is 4.47 Å². The first-order valence-corrected chi connectivity index (χ1v) is 6.54. The number of halogens is 1. The highest BCUT2D eigenvalue weighted by molar-refractivity contribution is 9.10. The summed E-state index contributed by atoms with van der Waals surface area (Å²) in [6.45, 7) is 4.29. The number of benzene rings is 2. The molecular formula is C15H16BrN. The van der Waals surface area contributed by atoms with Gasteiger partial charge >= 0.3 is 0 Å². The van der Waals surface area contributed by atoms with Gasteiger partial charge in [-0.15, -0.1) is 0 Å². The Bertz CT molecular complexity index is 508. The second-order valence-corrected chi connectivity index (χ2v) is 5.06. The lowest BCUT2D eigenvalue weighted by atomic mass is 10.1. The highest BCUT2D eigenvalue weighted by Crippen LogP contribution is 2.27. The van der Waals surface area contributed by atoms with Crippen molar-refractivity contribution in [3.63, 3.8) is 0 Å². The molecule has 0 radical (unpaired) electrons. The van der Waals surface area contributed by atoms with Crippen LogP contribution in [0.3, 0.4) is 0 Å². The van der Waals surface area contributed by atoms with Crippen LogP contribution in [0.15, 0.2) is 53.0 Å². The highest BCUT2D eigenvalue weighted by atomic mass is 79.9. The normalized spacial score (nSPS) is 12.2. The molecule has 0 aliphatic rings. The molecule has 0 amide bonds. The number of hydrogen-bond acceptors (Lipinski definition) is 1. The van der Waals surface area contributed by atoms with E-state index in [4.69, 9.17) is 0 Å². The number of anilines is 1. The summed E-state index contributed by atoms with van der Waals surface area (Å²) in [5.74, 6) is 0. The third-order valence-electron chi connectivity index (χ3n) is 2.89. The van der Waals surface area contributed by atoms with Gasteiger partial charge in [-0.05, 0) is 37.1 Å². The largest absolute Gasteiger partial charge is 0.378 e. The van der Waals surface area contributed by atoms with Crippen molar-refractivity contribution in [3.8, 4) is 0 Å². The summed E-state index contributed by atoms with van der Waals surface area (Å²) in [4.78, 5) is 0. The molecule has 0 aliphatic heterocycles. The van der Waals surface area contributed by atoms with Crippen molar-refractivity contribution < 1.29 is 0 Å². The van der Waals surface area contributed by atoms with Crippen molar-refractivity contribution in [1.29, 1.82) is 0 Å². The average molecular weight is 290 g/mol. The third kappa shape index (κ3) is 2.89. The lowest BCUT2D eigenvalue weighted by Gasteiger charge is -2.18. The van der Waals surface area contributed by atoms with Crippen molar-refractivity contribution in [2.45, 2.75) is 19.9 Å². The van der Waals surface area contributed by atoms with Gasteiger partial charge in [0.15, 0.2) is 0 Å². The maximum atomic E-state index is 3.59. The molecule has 88 valence electrons. The first-order valence-electron chi connectivity index (χ1n) is 5.75. The Kier molecular flexibility index (Phi) is 3.85. The van der Waals surface area contributed by atoms with Gasteiger partial charge in [0.2, 0.25) is 0 Å². The van der Waals surface area contributed by atoms with Gasteiger partial charge in [0.1, 0.15) is 0 Å². The maximum absolute atomic E-state index is 3.59. The number of para-hydroxylation sites is 1. The van der Waals surface area contributed by atoms with E-state index in [1.54, 1.807) is 0 Å². The molecule has 17 heavy (non-hydrogen) atoms. The summed E-state index contributed by atoms with van der Waals surface area (Å²) < 4.78 is 1.15. The molecule has 0 spiro atoms. The van der Waals surface area contributed by atoms with Crippen LogP contribution in [-0.2, 0) is 0 Å². The monoisotopic (exact) mass is 289 g/mol. The Balaban J connectivity index is 2.20. The molecule has 2 rings (SSSR count). The Morgan fingerprint density at radius 1 is 1.00 bits per heavy atom. The van der Waals surface area contributed by atoms with E-state index in [1.807, 2.05) is 6.07 Å². The fourth-order valence-electron chi connectivity index (χ4n) is 1.87. The van der Waals surface area contributed by atoms with Gasteiger partial charge in [-0.3, -0.25) is 0 Å². The second-order valence-electron chi connectivity index (χ2n) is 4.20. The summed E-state index contributed by atoms with van der Waals surface area (Å²) in [7, 11) is 0. The lowest BCUT2D eigenvalue weighted by molar-refractivity contribution is 0.877. The molecule has 2 aromatic carbocycles. The van der Waals surface area contributed by atoms with Crippen LogP contribution in [0.25, 0.3) is 0 Å². The van der Waals surface area contributed by atoms with Gasteiger partial charge in [0, 0.05) is 16.2 Å². The Morgan fingerprint density at radius 3 is 2.35 bits per heavy atom. The smallest absolute Gasteiger partial charge is 0.0496 e. The Morgan fingerprint density at radius 2 is 1.65 bits per heavy atom. The third-order valence-corrected chi connectivity index (χ3v) is 3.61. The van der Waals surface area contributed by atoms with Crippen LogP contribution in [0.1, 0.15) is 24.1 Å². The van der Waals surface area contributed by atoms with Crippen LogP contribution in [-0.4, -0.2) is 0 Å². The molecular weight excluding hydrogens is 274 g/mol. The van der Waals surface area contributed by atoms with Crippen LogP contribution in [0.2, 0.25) is 0 Å². The fraction of sp³-hybridized carbons (Fsp3) is 0.200. The molecule has 2 heteroatoms. The first-order chi connectivity index (χ1) is 8.18. The summed E-state index contributed by atoms with van der Waals surface area (Å²) in [5.41, 5.74) is 3.73. The van der Waals surface area contributed by atoms with E-state index in [2.05, 4.69) is 77.6 Å². The van der Waals surface area contributed by atoms with Crippen LogP contribution >= 0.6 is 15.9 Å². The molecule has 0 bridgehead atoms. The summed E-state index contributed by atoms with van der Waals surface area (Å²) >= 11 is 3.59. The van der Waals surface area contributed by atoms with Crippen LogP contribution in [0.5, 0.6) is 0 Å². The predicted molar refractivity (Wildman–Crippen MR) is 77.4 cm³/mol. The van der Waals surface area contributed by atoms with E-state index in [9.17, 15) is 0 Å². The van der Waals surface area contributed by atoms with Crippen LogP contribution in [0, 0.1) is 6.92 Å². The second kappa shape index (κ2) is 5.37. The minimum absolute atomic E-state index is 0.284. The van der Waals surface area contributed by atoms with Gasteiger partial charge in [-0.2, -0.15) is 0 Å². The molecule has 1 unspecified atom stereocenters. The van der Waals surface area contributed by atoms with Crippen molar-refractivity contribution >= 4 is 21.6 Å². The zero-order valence-corrected chi connectivity index (χ0v) is 11.7. The summed E-state index contributed by atoms with van der Waals surface area (Å²) in [6.07, 6.45) is 0. The lowest BCUT2D eigenvalue weighted by Crippen LogP contribution is -2.08. The van der Waals surface area contributed by atoms with Gasteiger partial charge in [0.25, 0.3) is 0 Å². The molecule has 0 saturated carbocycles. The molecule has 0 aliphatic carbocycles. The molecule has 1 nitrogen and oxygen atoms in total. The minimum Gasteiger partial charge on any atom is -0.378 e. The van der Waals surface area contributed by atoms with Gasteiger partial charge in [-0.25, -0.2) is 0 Å². The first kappa shape index (κ1) is 12.2. The Labute approximate surface area is 111 Å². The van der Waals surface area contributed by atoms with Crippen molar-refractivity contribution in [2.24, 2.45) is 0 Å². The number of hydrogen-bond donors (Lipinski definition) is 1. The SMILES string of the molecule is Cc1ccccc1NC(C)c1ccccc1Br. The van der Waals surface area contributed by atoms with Crippen LogP contribution < -0.4 is 5.32 Å². The number of aryl methyl sites for hydroxylation is 1. The fourth-order valence-corrected chi connectivity index (χ4v) is 2.50. The van der Waals surface area contributed by atoms with E-state index >= 15 is 0 Å². The highest BCUT2D eigenvalue weighted by Gasteiger charge is 2.09. The molecule has 0 aromatic heterocycles. The quantitative estimate of drug-likeness (QED) is 0.845. The Hall–Kier alpha value is -1.28. The van der Waals surface area contributed by atoms with E-state index < -0.39 is 0 Å². The van der Waals surface area contributed by atoms with Crippen molar-refractivity contribution in [1.82, 2.24) is 0 Å². The number of rotatable bonds is 3. The summed E-state index contributed by atoms with van der Waals surface area (Å²) in [5, 5.41) is 3.54. The predicted octanol–water partition coefficient (Wildman–Crippen LogP) is 4.93. The van der Waals surface area contributed by atoms with E-state index in [0.29, 0.717) is 0 Å². The van der Waals surface area contributed by atoms with Crippen molar-refractivity contribution in [3.05, 3.63) is 64.1 Å². The molecule has 0 heterocycles. The van der Waals surface area contributed by atoms with E-state index in [-0.39, 0.29) is 6.04 Å². The van der Waals surface area contributed by atoms with E-state index in [1.165, 1.54) is 16.8 Å². The van der Waals surface area contributed by atoms with Gasteiger partial charge in [-0.1, -0.05) is 52.3 Å². The zero-order valence-electron chi connectivity index (χ0n) is 10.1. The standard InChI is InChI=1S/C15H16BrN/c1-11-7-3-6-10-15(11)17-12(2)13-8-4-5-9-14(13)16/h3-10,12,17H,1-2H3. The van der Waals surface area contributed by atoms with Crippen LogP contribution in [0.4, 0.5) is 5.69 Å². The maximum Gasteiger partial charge on any atom is 0.0496 e. The molecule has 0 fully saturated rings. The zero-order chi connectivity index (χ0) is 12.3. The molecule has 1 N–H and O–H groups in total. The summed E-state index contributed by atoms with van der Waals surface area (Å²) in [6, 6.07) is 16.9. The topological polar surface area (TPSA) is 12.0 Å². The van der Waals surface area contributed by atoms with Crippen molar-refractivity contribution in [2.75, 3.05) is 5.32 Å².